The monoisotopic (exact) mass is 332 g/mol. The number of benzene rings is 1. The van der Waals surface area contributed by atoms with Gasteiger partial charge in [0.15, 0.2) is 0 Å². The minimum Gasteiger partial charge on any atom is -0.363 e. The summed E-state index contributed by atoms with van der Waals surface area (Å²) in [6, 6.07) is 10.1. The maximum atomic E-state index is 12.7. The number of halogens is 1. The molecule has 4 nitrogen and oxygen atoms in total. The molecule has 1 atom stereocenters. The second-order valence-electron chi connectivity index (χ2n) is 6.20. The predicted molar refractivity (Wildman–Crippen MR) is 89.8 cm³/mol. The number of amides is 2. The van der Waals surface area contributed by atoms with Crippen LogP contribution in [0.2, 0.25) is 0 Å². The summed E-state index contributed by atoms with van der Waals surface area (Å²) in [5, 5.41) is 0.0804. The van der Waals surface area contributed by atoms with Gasteiger partial charge in [-0.2, -0.15) is 0 Å². The third kappa shape index (κ3) is 3.13. The van der Waals surface area contributed by atoms with Crippen molar-refractivity contribution in [1.82, 2.24) is 9.80 Å². The summed E-state index contributed by atoms with van der Waals surface area (Å²) in [4.78, 5) is 28.4. The predicted octanol–water partition coefficient (Wildman–Crippen LogP) is 2.92. The summed E-state index contributed by atoms with van der Waals surface area (Å²) >= 11 is 6.22. The number of nitrogens with zero attached hydrogens (tertiary/aromatic N) is 2. The average Bonchev–Trinajstić information content (AvgIpc) is 2.77. The van der Waals surface area contributed by atoms with Gasteiger partial charge in [0.2, 0.25) is 0 Å². The Kier molecular flexibility index (Phi) is 4.71. The molecule has 0 aromatic heterocycles. The van der Waals surface area contributed by atoms with Crippen LogP contribution < -0.4 is 0 Å². The standard InChI is InChI=1S/C18H21ClN2O2/c1-13-7-5-6-11-20(13)16-15(19)17(22)21(18(16)23)12-10-14-8-3-2-4-9-14/h2-4,8-9,13H,5-7,10-12H2,1H3. The van der Waals surface area contributed by atoms with Gasteiger partial charge in [0.25, 0.3) is 11.8 Å². The summed E-state index contributed by atoms with van der Waals surface area (Å²) in [6.45, 7) is 3.24. The molecule has 0 aliphatic carbocycles. The average molecular weight is 333 g/mol. The fourth-order valence-corrected chi connectivity index (χ4v) is 3.59. The van der Waals surface area contributed by atoms with Crippen LogP contribution in [0.1, 0.15) is 31.7 Å². The maximum Gasteiger partial charge on any atom is 0.278 e. The van der Waals surface area contributed by atoms with Gasteiger partial charge >= 0.3 is 0 Å². The van der Waals surface area contributed by atoms with Crippen molar-refractivity contribution >= 4 is 23.4 Å². The van der Waals surface area contributed by atoms with E-state index in [4.69, 9.17) is 11.6 Å². The highest BCUT2D eigenvalue weighted by Crippen LogP contribution is 2.31. The van der Waals surface area contributed by atoms with Crippen molar-refractivity contribution in [3.05, 3.63) is 46.6 Å². The van der Waals surface area contributed by atoms with Crippen LogP contribution in [-0.2, 0) is 16.0 Å². The Labute approximate surface area is 141 Å². The van der Waals surface area contributed by atoms with Crippen molar-refractivity contribution in [3.63, 3.8) is 0 Å². The van der Waals surface area contributed by atoms with Crippen molar-refractivity contribution in [1.29, 1.82) is 0 Å². The minimum atomic E-state index is -0.361. The van der Waals surface area contributed by atoms with E-state index in [1.165, 1.54) is 4.90 Å². The van der Waals surface area contributed by atoms with Crippen LogP contribution in [0, 0.1) is 0 Å². The molecular formula is C18H21ClN2O2. The molecule has 122 valence electrons. The van der Waals surface area contributed by atoms with E-state index < -0.39 is 0 Å². The van der Waals surface area contributed by atoms with Crippen LogP contribution >= 0.6 is 11.6 Å². The van der Waals surface area contributed by atoms with Gasteiger partial charge in [-0.25, -0.2) is 0 Å². The third-order valence-electron chi connectivity index (χ3n) is 4.65. The van der Waals surface area contributed by atoms with Crippen molar-refractivity contribution in [3.8, 4) is 0 Å². The first-order chi connectivity index (χ1) is 11.1. The maximum absolute atomic E-state index is 12.7. The second kappa shape index (κ2) is 6.75. The lowest BCUT2D eigenvalue weighted by atomic mass is 10.0. The molecule has 1 aromatic rings. The zero-order valence-corrected chi connectivity index (χ0v) is 14.1. The van der Waals surface area contributed by atoms with Crippen LogP contribution in [0.4, 0.5) is 0 Å². The molecule has 1 saturated heterocycles. The number of carbonyl (C=O) groups is 2. The van der Waals surface area contributed by atoms with Gasteiger partial charge in [-0.05, 0) is 38.2 Å². The zero-order valence-electron chi connectivity index (χ0n) is 13.3. The topological polar surface area (TPSA) is 40.6 Å². The van der Waals surface area contributed by atoms with Crippen LogP contribution in [0.15, 0.2) is 41.1 Å². The van der Waals surface area contributed by atoms with E-state index in [1.807, 2.05) is 35.2 Å². The van der Waals surface area contributed by atoms with E-state index in [9.17, 15) is 9.59 Å². The van der Waals surface area contributed by atoms with Crippen LogP contribution in [0.5, 0.6) is 0 Å². The fourth-order valence-electron chi connectivity index (χ4n) is 3.30. The lowest BCUT2D eigenvalue weighted by Gasteiger charge is -2.35. The van der Waals surface area contributed by atoms with E-state index in [-0.39, 0.29) is 22.9 Å². The molecule has 2 heterocycles. The first-order valence-corrected chi connectivity index (χ1v) is 8.54. The first kappa shape index (κ1) is 16.1. The highest BCUT2D eigenvalue weighted by atomic mass is 35.5. The molecule has 0 bridgehead atoms. The Morgan fingerprint density at radius 2 is 1.87 bits per heavy atom. The van der Waals surface area contributed by atoms with Crippen molar-refractivity contribution in [2.24, 2.45) is 0 Å². The molecule has 0 N–H and O–H groups in total. The third-order valence-corrected chi connectivity index (χ3v) is 4.99. The van der Waals surface area contributed by atoms with Gasteiger partial charge < -0.3 is 4.90 Å². The molecule has 2 amide bonds. The molecule has 5 heteroatoms. The van der Waals surface area contributed by atoms with Crippen LogP contribution in [-0.4, -0.2) is 40.7 Å². The van der Waals surface area contributed by atoms with Crippen molar-refractivity contribution in [2.75, 3.05) is 13.1 Å². The van der Waals surface area contributed by atoms with E-state index in [2.05, 4.69) is 6.92 Å². The molecule has 3 rings (SSSR count). The Morgan fingerprint density at radius 1 is 1.13 bits per heavy atom. The van der Waals surface area contributed by atoms with Crippen LogP contribution in [0.3, 0.4) is 0 Å². The van der Waals surface area contributed by atoms with E-state index in [0.29, 0.717) is 18.7 Å². The number of piperidine rings is 1. The van der Waals surface area contributed by atoms with Gasteiger partial charge in [-0.15, -0.1) is 0 Å². The van der Waals surface area contributed by atoms with E-state index in [1.54, 1.807) is 0 Å². The number of imide groups is 1. The highest BCUT2D eigenvalue weighted by molar-refractivity contribution is 6.47. The van der Waals surface area contributed by atoms with Gasteiger partial charge in [0, 0.05) is 19.1 Å². The molecule has 2 aliphatic rings. The molecule has 0 spiro atoms. The molecule has 23 heavy (non-hydrogen) atoms. The van der Waals surface area contributed by atoms with Gasteiger partial charge in [-0.3, -0.25) is 14.5 Å². The number of carbonyl (C=O) groups excluding carboxylic acids is 2. The highest BCUT2D eigenvalue weighted by Gasteiger charge is 2.41. The lowest BCUT2D eigenvalue weighted by molar-refractivity contribution is -0.138. The molecular weight excluding hydrogens is 312 g/mol. The SMILES string of the molecule is CC1CCCCN1C1=C(Cl)C(=O)N(CCc2ccccc2)C1=O. The molecule has 0 radical (unpaired) electrons. The Hall–Kier alpha value is -1.81. The largest absolute Gasteiger partial charge is 0.363 e. The molecule has 0 saturated carbocycles. The fraction of sp³-hybridized carbons (Fsp3) is 0.444. The second-order valence-corrected chi connectivity index (χ2v) is 6.58. The Balaban J connectivity index is 1.73. The smallest absolute Gasteiger partial charge is 0.278 e. The molecule has 1 fully saturated rings. The first-order valence-electron chi connectivity index (χ1n) is 8.16. The van der Waals surface area contributed by atoms with E-state index in [0.717, 1.165) is 31.4 Å². The zero-order chi connectivity index (χ0) is 16.4. The summed E-state index contributed by atoms with van der Waals surface area (Å²) in [6.07, 6.45) is 3.86. The van der Waals surface area contributed by atoms with Gasteiger partial charge in [0.1, 0.15) is 10.7 Å². The normalized spacial score (nSPS) is 22.3. The number of hydrogen-bond donors (Lipinski definition) is 0. The number of rotatable bonds is 4. The Morgan fingerprint density at radius 3 is 2.57 bits per heavy atom. The van der Waals surface area contributed by atoms with Crippen molar-refractivity contribution < 1.29 is 9.59 Å². The number of hydrogen-bond acceptors (Lipinski definition) is 3. The summed E-state index contributed by atoms with van der Waals surface area (Å²) in [5.41, 5.74) is 1.50. The minimum absolute atomic E-state index is 0.0804. The van der Waals surface area contributed by atoms with Gasteiger partial charge in [0.05, 0.1) is 0 Å². The quantitative estimate of drug-likeness (QED) is 0.796. The summed E-state index contributed by atoms with van der Waals surface area (Å²) in [5.74, 6) is -0.606. The molecule has 1 aromatic carbocycles. The van der Waals surface area contributed by atoms with E-state index >= 15 is 0 Å². The summed E-state index contributed by atoms with van der Waals surface area (Å²) < 4.78 is 0. The van der Waals surface area contributed by atoms with Gasteiger partial charge in [-0.1, -0.05) is 41.9 Å². The molecule has 2 aliphatic heterocycles. The number of likely N-dealkylation sites (tertiary alicyclic amines) is 1. The molecule has 1 unspecified atom stereocenters. The van der Waals surface area contributed by atoms with Crippen LogP contribution in [0.25, 0.3) is 0 Å². The summed E-state index contributed by atoms with van der Waals surface area (Å²) in [7, 11) is 0. The van der Waals surface area contributed by atoms with Crippen molar-refractivity contribution in [2.45, 2.75) is 38.6 Å². The lowest BCUT2D eigenvalue weighted by Crippen LogP contribution is -2.41. The Bertz CT molecular complexity index is 642.